The minimum atomic E-state index is -0.378. The van der Waals surface area contributed by atoms with Gasteiger partial charge >= 0.3 is 5.97 Å². The lowest BCUT2D eigenvalue weighted by molar-refractivity contribution is 0.0592. The van der Waals surface area contributed by atoms with Crippen LogP contribution in [0.2, 0.25) is 0 Å². The number of carbonyl (C=O) groups is 1. The van der Waals surface area contributed by atoms with Crippen LogP contribution in [0.1, 0.15) is 68.7 Å². The lowest BCUT2D eigenvalue weighted by atomic mass is 9.80. The van der Waals surface area contributed by atoms with Crippen molar-refractivity contribution in [2.24, 2.45) is 11.8 Å². The number of methoxy groups -OCH3 is 1. The maximum Gasteiger partial charge on any atom is 0.360 e. The zero-order valence-electron chi connectivity index (χ0n) is 12.9. The van der Waals surface area contributed by atoms with Gasteiger partial charge in [0.1, 0.15) is 0 Å². The summed E-state index contributed by atoms with van der Waals surface area (Å²) in [6.45, 7) is 6.69. The SMILES string of the molecule is CCCc1c(C(=O)OC)nnn1C1CC(C)CC(C)C1. The van der Waals surface area contributed by atoms with Gasteiger partial charge in [0, 0.05) is 0 Å². The quantitative estimate of drug-likeness (QED) is 0.795. The third-order valence-corrected chi connectivity index (χ3v) is 4.16. The van der Waals surface area contributed by atoms with Crippen LogP contribution in [0.15, 0.2) is 0 Å². The first-order chi connectivity index (χ1) is 9.56. The van der Waals surface area contributed by atoms with E-state index in [2.05, 4.69) is 31.1 Å². The lowest BCUT2D eigenvalue weighted by Gasteiger charge is -2.32. The van der Waals surface area contributed by atoms with E-state index in [0.717, 1.165) is 31.4 Å². The van der Waals surface area contributed by atoms with Crippen LogP contribution in [-0.2, 0) is 11.2 Å². The Balaban J connectivity index is 2.30. The standard InChI is InChI=1S/C15H25N3O2/c1-5-6-13-14(15(19)20-4)16-17-18(13)12-8-10(2)7-11(3)9-12/h10-12H,5-9H2,1-4H3. The van der Waals surface area contributed by atoms with Gasteiger partial charge in [0.25, 0.3) is 0 Å². The lowest BCUT2D eigenvalue weighted by Crippen LogP contribution is -2.25. The van der Waals surface area contributed by atoms with Gasteiger partial charge in [-0.15, -0.1) is 5.10 Å². The van der Waals surface area contributed by atoms with Crippen molar-refractivity contribution >= 4 is 5.97 Å². The van der Waals surface area contributed by atoms with Crippen LogP contribution in [-0.4, -0.2) is 28.1 Å². The second-order valence-corrected chi connectivity index (χ2v) is 6.14. The normalized spacial score (nSPS) is 26.5. The molecule has 112 valence electrons. The molecule has 2 unspecified atom stereocenters. The van der Waals surface area contributed by atoms with E-state index in [1.165, 1.54) is 13.5 Å². The van der Waals surface area contributed by atoms with Crippen LogP contribution in [0.5, 0.6) is 0 Å². The number of hydrogen-bond acceptors (Lipinski definition) is 4. The summed E-state index contributed by atoms with van der Waals surface area (Å²) in [5, 5.41) is 8.33. The van der Waals surface area contributed by atoms with E-state index < -0.39 is 0 Å². The second kappa shape index (κ2) is 6.37. The van der Waals surface area contributed by atoms with E-state index in [-0.39, 0.29) is 5.97 Å². The van der Waals surface area contributed by atoms with Gasteiger partial charge in [-0.3, -0.25) is 0 Å². The number of hydrogen-bond donors (Lipinski definition) is 0. The number of esters is 1. The average molecular weight is 279 g/mol. The molecule has 1 aromatic heterocycles. The summed E-state index contributed by atoms with van der Waals surface area (Å²) in [7, 11) is 1.39. The Kier molecular flexibility index (Phi) is 4.78. The summed E-state index contributed by atoms with van der Waals surface area (Å²) in [5.74, 6) is 1.02. The van der Waals surface area contributed by atoms with Crippen LogP contribution in [0.4, 0.5) is 0 Å². The Morgan fingerprint density at radius 2 is 1.95 bits per heavy atom. The molecule has 1 saturated carbocycles. The molecule has 5 nitrogen and oxygen atoms in total. The van der Waals surface area contributed by atoms with E-state index in [1.54, 1.807) is 0 Å². The highest BCUT2D eigenvalue weighted by atomic mass is 16.5. The molecule has 0 N–H and O–H groups in total. The molecule has 0 amide bonds. The Labute approximate surface area is 120 Å². The molecule has 2 atom stereocenters. The predicted octanol–water partition coefficient (Wildman–Crippen LogP) is 3.01. The number of nitrogens with zero attached hydrogens (tertiary/aromatic N) is 3. The summed E-state index contributed by atoms with van der Waals surface area (Å²) in [6, 6.07) is 0.362. The maximum atomic E-state index is 11.8. The molecular weight excluding hydrogens is 254 g/mol. The van der Waals surface area contributed by atoms with Crippen molar-refractivity contribution in [1.29, 1.82) is 0 Å². The van der Waals surface area contributed by atoms with E-state index in [1.807, 2.05) is 4.68 Å². The smallest absolute Gasteiger partial charge is 0.360 e. The van der Waals surface area contributed by atoms with E-state index >= 15 is 0 Å². The van der Waals surface area contributed by atoms with Gasteiger partial charge in [-0.1, -0.05) is 32.4 Å². The van der Waals surface area contributed by atoms with E-state index in [4.69, 9.17) is 4.74 Å². The molecule has 0 aromatic carbocycles. The number of rotatable bonds is 4. The van der Waals surface area contributed by atoms with Gasteiger partial charge in [0.15, 0.2) is 5.69 Å². The minimum Gasteiger partial charge on any atom is -0.464 e. The van der Waals surface area contributed by atoms with Crippen molar-refractivity contribution in [3.05, 3.63) is 11.4 Å². The monoisotopic (exact) mass is 279 g/mol. The molecule has 0 radical (unpaired) electrons. The highest BCUT2D eigenvalue weighted by Crippen LogP contribution is 2.36. The summed E-state index contributed by atoms with van der Waals surface area (Å²) in [6.07, 6.45) is 5.29. The molecule has 20 heavy (non-hydrogen) atoms. The molecule has 0 spiro atoms. The van der Waals surface area contributed by atoms with Gasteiger partial charge in [-0.2, -0.15) is 0 Å². The minimum absolute atomic E-state index is 0.362. The summed E-state index contributed by atoms with van der Waals surface area (Å²) >= 11 is 0. The van der Waals surface area contributed by atoms with Crippen LogP contribution < -0.4 is 0 Å². The zero-order chi connectivity index (χ0) is 14.7. The molecule has 1 aromatic rings. The van der Waals surface area contributed by atoms with Crippen LogP contribution in [0.25, 0.3) is 0 Å². The zero-order valence-corrected chi connectivity index (χ0v) is 12.9. The van der Waals surface area contributed by atoms with Crippen molar-refractivity contribution < 1.29 is 9.53 Å². The van der Waals surface area contributed by atoms with Crippen molar-refractivity contribution in [2.45, 2.75) is 58.9 Å². The first kappa shape index (κ1) is 15.0. The molecular formula is C15H25N3O2. The topological polar surface area (TPSA) is 57.0 Å². The highest BCUT2D eigenvalue weighted by molar-refractivity contribution is 5.88. The molecule has 5 heteroatoms. The predicted molar refractivity (Wildman–Crippen MR) is 76.6 cm³/mol. The molecule has 1 aliphatic rings. The number of aromatic nitrogens is 3. The van der Waals surface area contributed by atoms with Crippen LogP contribution >= 0.6 is 0 Å². The fraction of sp³-hybridized carbons (Fsp3) is 0.800. The van der Waals surface area contributed by atoms with Crippen molar-refractivity contribution in [3.8, 4) is 0 Å². The molecule has 2 rings (SSSR count). The number of ether oxygens (including phenoxy) is 1. The Hall–Kier alpha value is -1.39. The van der Waals surface area contributed by atoms with Crippen molar-refractivity contribution in [3.63, 3.8) is 0 Å². The Morgan fingerprint density at radius 1 is 1.30 bits per heavy atom. The second-order valence-electron chi connectivity index (χ2n) is 6.14. The fourth-order valence-corrected chi connectivity index (χ4v) is 3.44. The van der Waals surface area contributed by atoms with Crippen molar-refractivity contribution in [1.82, 2.24) is 15.0 Å². The van der Waals surface area contributed by atoms with Gasteiger partial charge in [-0.05, 0) is 37.5 Å². The van der Waals surface area contributed by atoms with E-state index in [9.17, 15) is 4.79 Å². The van der Waals surface area contributed by atoms with E-state index in [0.29, 0.717) is 23.6 Å². The first-order valence-electron chi connectivity index (χ1n) is 7.59. The van der Waals surface area contributed by atoms with Crippen LogP contribution in [0.3, 0.4) is 0 Å². The Morgan fingerprint density at radius 3 is 2.50 bits per heavy atom. The summed E-state index contributed by atoms with van der Waals surface area (Å²) in [4.78, 5) is 11.8. The molecule has 1 aliphatic carbocycles. The van der Waals surface area contributed by atoms with Gasteiger partial charge in [0.05, 0.1) is 18.8 Å². The molecule has 0 saturated heterocycles. The summed E-state index contributed by atoms with van der Waals surface area (Å²) in [5.41, 5.74) is 1.32. The first-order valence-corrected chi connectivity index (χ1v) is 7.59. The Bertz CT molecular complexity index is 460. The summed E-state index contributed by atoms with van der Waals surface area (Å²) < 4.78 is 6.80. The molecule has 1 heterocycles. The average Bonchev–Trinajstić information content (AvgIpc) is 2.81. The molecule has 0 aliphatic heterocycles. The molecule has 0 bridgehead atoms. The third kappa shape index (κ3) is 3.02. The van der Waals surface area contributed by atoms with Gasteiger partial charge in [-0.25, -0.2) is 9.48 Å². The van der Waals surface area contributed by atoms with Gasteiger partial charge in [0.2, 0.25) is 0 Å². The highest BCUT2D eigenvalue weighted by Gasteiger charge is 2.29. The maximum absolute atomic E-state index is 11.8. The van der Waals surface area contributed by atoms with Gasteiger partial charge < -0.3 is 4.74 Å². The number of carbonyl (C=O) groups excluding carboxylic acids is 1. The largest absolute Gasteiger partial charge is 0.464 e. The van der Waals surface area contributed by atoms with Crippen molar-refractivity contribution in [2.75, 3.05) is 7.11 Å². The van der Waals surface area contributed by atoms with Crippen LogP contribution in [0, 0.1) is 11.8 Å². The molecule has 1 fully saturated rings. The third-order valence-electron chi connectivity index (χ3n) is 4.16. The fourth-order valence-electron chi connectivity index (χ4n) is 3.44.